The second-order valence-electron chi connectivity index (χ2n) is 4.48. The molecule has 1 amide bonds. The average Bonchev–Trinajstić information content (AvgIpc) is 2.89. The summed E-state index contributed by atoms with van der Waals surface area (Å²) in [6.45, 7) is 2.46. The summed E-state index contributed by atoms with van der Waals surface area (Å²) in [7, 11) is 1.64. The third-order valence-electron chi connectivity index (χ3n) is 2.93. The molecule has 0 saturated heterocycles. The summed E-state index contributed by atoms with van der Waals surface area (Å²) in [6, 6.07) is 7.78. The lowest BCUT2D eigenvalue weighted by Crippen LogP contribution is -2.23. The number of nitrogens with zero attached hydrogens (tertiary/aromatic N) is 1. The van der Waals surface area contributed by atoms with Gasteiger partial charge in [-0.1, -0.05) is 12.1 Å². The van der Waals surface area contributed by atoms with Crippen LogP contribution in [-0.4, -0.2) is 18.0 Å². The number of carbonyl (C=O) groups is 1. The topological polar surface area (TPSA) is 51.2 Å². The highest BCUT2D eigenvalue weighted by atomic mass is 32.1. The number of hydrogen-bond acceptors (Lipinski definition) is 4. The van der Waals surface area contributed by atoms with Crippen molar-refractivity contribution in [2.24, 2.45) is 0 Å². The van der Waals surface area contributed by atoms with Gasteiger partial charge >= 0.3 is 0 Å². The van der Waals surface area contributed by atoms with Crippen LogP contribution >= 0.6 is 11.3 Å². The molecule has 1 aromatic carbocycles. The van der Waals surface area contributed by atoms with Gasteiger partial charge in [0.05, 0.1) is 24.4 Å². The molecular formula is C15H18N2O2S. The highest BCUT2D eigenvalue weighted by Crippen LogP contribution is 2.12. The van der Waals surface area contributed by atoms with Crippen LogP contribution in [0.4, 0.5) is 0 Å². The third kappa shape index (κ3) is 4.35. The molecule has 4 nitrogen and oxygen atoms in total. The number of amides is 1. The number of aryl methyl sites for hydroxylation is 2. The van der Waals surface area contributed by atoms with Gasteiger partial charge in [0.1, 0.15) is 5.75 Å². The van der Waals surface area contributed by atoms with E-state index in [-0.39, 0.29) is 5.91 Å². The highest BCUT2D eigenvalue weighted by molar-refractivity contribution is 7.09. The van der Waals surface area contributed by atoms with Gasteiger partial charge < -0.3 is 10.1 Å². The molecule has 0 aliphatic heterocycles. The van der Waals surface area contributed by atoms with Crippen molar-refractivity contribution in [3.05, 3.63) is 45.9 Å². The van der Waals surface area contributed by atoms with E-state index in [0.717, 1.165) is 28.4 Å². The minimum atomic E-state index is 0.0477. The van der Waals surface area contributed by atoms with Gasteiger partial charge in [-0.2, -0.15) is 0 Å². The van der Waals surface area contributed by atoms with Crippen molar-refractivity contribution < 1.29 is 9.53 Å². The van der Waals surface area contributed by atoms with Crippen molar-refractivity contribution in [3.63, 3.8) is 0 Å². The first-order valence-electron chi connectivity index (χ1n) is 6.48. The molecule has 106 valence electrons. The zero-order valence-corrected chi connectivity index (χ0v) is 12.5. The van der Waals surface area contributed by atoms with Crippen molar-refractivity contribution >= 4 is 17.2 Å². The summed E-state index contributed by atoms with van der Waals surface area (Å²) in [6.07, 6.45) is 1.21. The Balaban J connectivity index is 1.74. The minimum Gasteiger partial charge on any atom is -0.497 e. The number of methoxy groups -OCH3 is 1. The van der Waals surface area contributed by atoms with Gasteiger partial charge in [-0.25, -0.2) is 4.98 Å². The van der Waals surface area contributed by atoms with Crippen molar-refractivity contribution in [2.45, 2.75) is 26.3 Å². The molecule has 5 heteroatoms. The summed E-state index contributed by atoms with van der Waals surface area (Å²) in [4.78, 5) is 16.1. The summed E-state index contributed by atoms with van der Waals surface area (Å²) < 4.78 is 5.10. The molecule has 0 saturated carbocycles. The maximum atomic E-state index is 11.8. The number of carbonyl (C=O) groups excluding carboxylic acids is 1. The molecule has 0 aliphatic carbocycles. The van der Waals surface area contributed by atoms with Crippen LogP contribution in [0.1, 0.15) is 22.7 Å². The van der Waals surface area contributed by atoms with Crippen LogP contribution in [-0.2, 0) is 17.8 Å². The lowest BCUT2D eigenvalue weighted by Gasteiger charge is -2.05. The number of aromatic nitrogens is 1. The Morgan fingerprint density at radius 2 is 2.10 bits per heavy atom. The minimum absolute atomic E-state index is 0.0477. The van der Waals surface area contributed by atoms with Crippen molar-refractivity contribution in [1.82, 2.24) is 10.3 Å². The Morgan fingerprint density at radius 1 is 1.35 bits per heavy atom. The number of benzene rings is 1. The number of rotatable bonds is 6. The molecule has 2 rings (SSSR count). The van der Waals surface area contributed by atoms with Crippen LogP contribution in [0.3, 0.4) is 0 Å². The Hall–Kier alpha value is -1.88. The van der Waals surface area contributed by atoms with Gasteiger partial charge in [0.15, 0.2) is 0 Å². The number of nitrogens with one attached hydrogen (secondary N) is 1. The van der Waals surface area contributed by atoms with Crippen molar-refractivity contribution in [1.29, 1.82) is 0 Å². The van der Waals surface area contributed by atoms with Crippen molar-refractivity contribution in [3.8, 4) is 5.75 Å². The second kappa shape index (κ2) is 7.05. The van der Waals surface area contributed by atoms with Crippen LogP contribution in [0.15, 0.2) is 29.6 Å². The number of thiazole rings is 1. The lowest BCUT2D eigenvalue weighted by molar-refractivity contribution is -0.121. The predicted molar refractivity (Wildman–Crippen MR) is 80.0 cm³/mol. The summed E-state index contributed by atoms with van der Waals surface area (Å²) in [5, 5.41) is 5.88. The van der Waals surface area contributed by atoms with E-state index in [4.69, 9.17) is 4.74 Å². The van der Waals surface area contributed by atoms with Gasteiger partial charge in [-0.15, -0.1) is 11.3 Å². The number of hydrogen-bond donors (Lipinski definition) is 1. The van der Waals surface area contributed by atoms with Gasteiger partial charge in [0.2, 0.25) is 5.91 Å². The molecule has 0 spiro atoms. The van der Waals surface area contributed by atoms with Gasteiger partial charge in [-0.3, -0.25) is 4.79 Å². The fourth-order valence-electron chi connectivity index (χ4n) is 1.82. The Bertz CT molecular complexity index is 564. The Labute approximate surface area is 122 Å². The maximum absolute atomic E-state index is 11.8. The molecule has 20 heavy (non-hydrogen) atoms. The van der Waals surface area contributed by atoms with Gasteiger partial charge in [0.25, 0.3) is 0 Å². The van der Waals surface area contributed by atoms with E-state index in [2.05, 4.69) is 10.3 Å². The quantitative estimate of drug-likeness (QED) is 0.890. The van der Waals surface area contributed by atoms with Gasteiger partial charge in [-0.05, 0) is 31.0 Å². The van der Waals surface area contributed by atoms with Crippen molar-refractivity contribution in [2.75, 3.05) is 7.11 Å². The molecule has 0 fully saturated rings. The fraction of sp³-hybridized carbons (Fsp3) is 0.333. The number of ether oxygens (including phenoxy) is 1. The monoisotopic (exact) mass is 290 g/mol. The SMILES string of the molecule is COc1ccc(CCC(=O)NCc2csc(C)n2)cc1. The molecule has 0 unspecified atom stereocenters. The normalized spacial score (nSPS) is 10.3. The van der Waals surface area contributed by atoms with E-state index >= 15 is 0 Å². The zero-order valence-electron chi connectivity index (χ0n) is 11.7. The van der Waals surface area contributed by atoms with E-state index in [1.54, 1.807) is 18.4 Å². The molecular weight excluding hydrogens is 272 g/mol. The highest BCUT2D eigenvalue weighted by Gasteiger charge is 2.04. The lowest BCUT2D eigenvalue weighted by atomic mass is 10.1. The van der Waals surface area contributed by atoms with Crippen LogP contribution in [0.25, 0.3) is 0 Å². The largest absolute Gasteiger partial charge is 0.497 e. The molecule has 0 aliphatic rings. The Morgan fingerprint density at radius 3 is 2.70 bits per heavy atom. The smallest absolute Gasteiger partial charge is 0.220 e. The van der Waals surface area contributed by atoms with Crippen LogP contribution in [0, 0.1) is 6.92 Å². The molecule has 1 heterocycles. The first kappa shape index (κ1) is 14.5. The predicted octanol–water partition coefficient (Wildman–Crippen LogP) is 2.71. The second-order valence-corrected chi connectivity index (χ2v) is 5.54. The zero-order chi connectivity index (χ0) is 14.4. The summed E-state index contributed by atoms with van der Waals surface area (Å²) in [5.41, 5.74) is 2.05. The van der Waals surface area contributed by atoms with E-state index in [1.165, 1.54) is 0 Å². The fourth-order valence-corrected chi connectivity index (χ4v) is 2.43. The Kier molecular flexibility index (Phi) is 5.12. The van der Waals surface area contributed by atoms with Crippen LogP contribution in [0.2, 0.25) is 0 Å². The molecule has 0 atom stereocenters. The van der Waals surface area contributed by atoms with E-state index < -0.39 is 0 Å². The van der Waals surface area contributed by atoms with E-state index in [0.29, 0.717) is 13.0 Å². The first-order valence-corrected chi connectivity index (χ1v) is 7.36. The molecule has 2 aromatic rings. The van der Waals surface area contributed by atoms with Crippen LogP contribution < -0.4 is 10.1 Å². The first-order chi connectivity index (χ1) is 9.67. The van der Waals surface area contributed by atoms with Crippen LogP contribution in [0.5, 0.6) is 5.75 Å². The average molecular weight is 290 g/mol. The molecule has 1 aromatic heterocycles. The maximum Gasteiger partial charge on any atom is 0.220 e. The molecule has 1 N–H and O–H groups in total. The summed E-state index contributed by atoms with van der Waals surface area (Å²) >= 11 is 1.60. The summed E-state index contributed by atoms with van der Waals surface area (Å²) in [5.74, 6) is 0.878. The van der Waals surface area contributed by atoms with E-state index in [1.807, 2.05) is 36.6 Å². The van der Waals surface area contributed by atoms with E-state index in [9.17, 15) is 4.79 Å². The van der Waals surface area contributed by atoms with Gasteiger partial charge in [0, 0.05) is 11.8 Å². The standard InChI is InChI=1S/C15H18N2O2S/c1-11-17-13(10-20-11)9-16-15(18)8-5-12-3-6-14(19-2)7-4-12/h3-4,6-7,10H,5,8-9H2,1-2H3,(H,16,18). The molecule has 0 radical (unpaired) electrons. The third-order valence-corrected chi connectivity index (χ3v) is 3.76. The molecule has 0 bridgehead atoms.